The summed E-state index contributed by atoms with van der Waals surface area (Å²) in [6.45, 7) is 1.59. The van der Waals surface area contributed by atoms with Gasteiger partial charge in [-0.2, -0.15) is 0 Å². The molecule has 1 rings (SSSR count). The minimum atomic E-state index is -1.18. The van der Waals surface area contributed by atoms with Crippen molar-refractivity contribution in [2.24, 2.45) is 0 Å². The minimum Gasteiger partial charge on any atom is -0.465 e. The number of pyridine rings is 1. The van der Waals surface area contributed by atoms with Crippen molar-refractivity contribution in [1.29, 1.82) is 5.41 Å². The van der Waals surface area contributed by atoms with Crippen molar-refractivity contribution < 1.29 is 14.8 Å². The number of carboxylic acid groups (broad SMARTS) is 1. The second-order valence-corrected chi connectivity index (χ2v) is 3.89. The first-order chi connectivity index (χ1) is 8.81. The van der Waals surface area contributed by atoms with Crippen LogP contribution in [0.4, 0.5) is 16.3 Å². The Hall–Kier alpha value is -2.71. The number of hydrogen-bond acceptors (Lipinski definition) is 6. The molecule has 9 nitrogen and oxygen atoms in total. The van der Waals surface area contributed by atoms with Gasteiger partial charge >= 0.3 is 11.8 Å². The first-order valence-electron chi connectivity index (χ1n) is 5.29. The average Bonchev–Trinajstić information content (AvgIpc) is 2.26. The molecule has 1 atom stereocenters. The lowest BCUT2D eigenvalue weighted by molar-refractivity contribution is -0.384. The number of hydrogen-bond donors (Lipinski definition) is 4. The number of rotatable bonds is 5. The van der Waals surface area contributed by atoms with Gasteiger partial charge in [-0.3, -0.25) is 10.1 Å². The molecule has 1 aromatic heterocycles. The van der Waals surface area contributed by atoms with Crippen molar-refractivity contribution >= 4 is 23.3 Å². The van der Waals surface area contributed by atoms with Gasteiger partial charge < -0.3 is 21.6 Å². The monoisotopic (exact) mass is 267 g/mol. The van der Waals surface area contributed by atoms with Crippen molar-refractivity contribution in [3.8, 4) is 0 Å². The number of nitrogens with one attached hydrogen (secondary N) is 2. The van der Waals surface area contributed by atoms with Crippen LogP contribution in [-0.4, -0.2) is 32.9 Å². The molecule has 0 spiro atoms. The maximum Gasteiger partial charge on any atom is 0.404 e. The van der Waals surface area contributed by atoms with Gasteiger partial charge in [-0.25, -0.2) is 9.78 Å². The Kier molecular flexibility index (Phi) is 4.35. The molecule has 1 aromatic rings. The van der Waals surface area contributed by atoms with Crippen molar-refractivity contribution in [3.63, 3.8) is 0 Å². The lowest BCUT2D eigenvalue weighted by Gasteiger charge is -2.11. The first kappa shape index (κ1) is 14.4. The molecule has 0 aliphatic heterocycles. The lowest BCUT2D eigenvalue weighted by atomic mass is 10.1. The molecule has 5 N–H and O–H groups in total. The molecule has 0 radical (unpaired) electrons. The Morgan fingerprint density at radius 1 is 1.68 bits per heavy atom. The zero-order valence-electron chi connectivity index (χ0n) is 10.1. The number of aromatic nitrogens is 1. The molecule has 0 aliphatic carbocycles. The highest BCUT2D eigenvalue weighted by atomic mass is 16.6. The van der Waals surface area contributed by atoms with Crippen LogP contribution in [0.2, 0.25) is 0 Å². The maximum atomic E-state index is 10.6. The average molecular weight is 267 g/mol. The van der Waals surface area contributed by atoms with Crippen LogP contribution in [0.3, 0.4) is 0 Å². The van der Waals surface area contributed by atoms with E-state index < -0.39 is 17.1 Å². The smallest absolute Gasteiger partial charge is 0.404 e. The van der Waals surface area contributed by atoms with E-state index in [9.17, 15) is 14.9 Å². The predicted octanol–water partition coefficient (Wildman–Crippen LogP) is 0.986. The summed E-state index contributed by atoms with van der Waals surface area (Å²) >= 11 is 0. The van der Waals surface area contributed by atoms with Crippen LogP contribution in [0.5, 0.6) is 0 Å². The molecule has 1 unspecified atom stereocenters. The van der Waals surface area contributed by atoms with E-state index in [2.05, 4.69) is 10.3 Å². The molecule has 9 heteroatoms. The molecule has 1 heterocycles. The number of amides is 1. The van der Waals surface area contributed by atoms with Gasteiger partial charge in [0.15, 0.2) is 0 Å². The van der Waals surface area contributed by atoms with Gasteiger partial charge in [0, 0.05) is 18.5 Å². The number of carbonyl (C=O) groups is 1. The van der Waals surface area contributed by atoms with E-state index >= 15 is 0 Å². The van der Waals surface area contributed by atoms with Crippen LogP contribution >= 0.6 is 0 Å². The summed E-state index contributed by atoms with van der Waals surface area (Å²) in [5.41, 5.74) is 5.31. The summed E-state index contributed by atoms with van der Waals surface area (Å²) in [6.07, 6.45) is -1.08. The maximum absolute atomic E-state index is 10.6. The van der Waals surface area contributed by atoms with Crippen LogP contribution in [-0.2, 0) is 0 Å². The summed E-state index contributed by atoms with van der Waals surface area (Å²) in [7, 11) is 0. The standard InChI is InChI=1S/C10H13N5O4/c1-5(13-10(16)17)4-6(11)7-2-3-8(15(18)19)9(12)14-7/h2-3,5,11,13H,4H2,1H3,(H2,12,14)(H,16,17). The normalized spacial score (nSPS) is 11.6. The predicted molar refractivity (Wildman–Crippen MR) is 67.4 cm³/mol. The van der Waals surface area contributed by atoms with E-state index in [0.717, 1.165) is 0 Å². The highest BCUT2D eigenvalue weighted by Crippen LogP contribution is 2.19. The second kappa shape index (κ2) is 5.76. The van der Waals surface area contributed by atoms with E-state index in [1.54, 1.807) is 6.92 Å². The number of nitro groups is 1. The summed E-state index contributed by atoms with van der Waals surface area (Å²) in [5, 5.41) is 29.0. The fourth-order valence-corrected chi connectivity index (χ4v) is 1.46. The largest absolute Gasteiger partial charge is 0.465 e. The topological polar surface area (TPSA) is 155 Å². The van der Waals surface area contributed by atoms with Crippen molar-refractivity contribution in [3.05, 3.63) is 27.9 Å². The lowest BCUT2D eigenvalue weighted by Crippen LogP contribution is -2.33. The summed E-state index contributed by atoms with van der Waals surface area (Å²) < 4.78 is 0. The van der Waals surface area contributed by atoms with Crippen LogP contribution in [0.15, 0.2) is 12.1 Å². The number of anilines is 1. The Bertz CT molecular complexity index is 531. The number of nitrogens with zero attached hydrogens (tertiary/aromatic N) is 2. The van der Waals surface area contributed by atoms with E-state index in [1.165, 1.54) is 12.1 Å². The Labute approximate surface area is 108 Å². The zero-order valence-corrected chi connectivity index (χ0v) is 10.1. The van der Waals surface area contributed by atoms with Gasteiger partial charge in [0.1, 0.15) is 0 Å². The molecule has 0 aliphatic rings. The molecule has 0 aromatic carbocycles. The van der Waals surface area contributed by atoms with Crippen molar-refractivity contribution in [2.75, 3.05) is 5.73 Å². The fourth-order valence-electron chi connectivity index (χ4n) is 1.46. The molecule has 102 valence electrons. The molecule has 0 saturated carbocycles. The van der Waals surface area contributed by atoms with Gasteiger partial charge in [-0.1, -0.05) is 0 Å². The third-order valence-corrected chi connectivity index (χ3v) is 2.29. The van der Waals surface area contributed by atoms with E-state index in [-0.39, 0.29) is 29.3 Å². The SMILES string of the molecule is CC(CC(=N)c1ccc([N+](=O)[O-])c(N)n1)NC(=O)O. The molecule has 0 bridgehead atoms. The Morgan fingerprint density at radius 3 is 2.79 bits per heavy atom. The fraction of sp³-hybridized carbons (Fsp3) is 0.300. The molecule has 1 amide bonds. The summed E-state index contributed by atoms with van der Waals surface area (Å²) in [5.74, 6) is -0.272. The minimum absolute atomic E-state index is 0.0443. The first-order valence-corrected chi connectivity index (χ1v) is 5.29. The third-order valence-electron chi connectivity index (χ3n) is 2.29. The van der Waals surface area contributed by atoms with Gasteiger partial charge in [0.2, 0.25) is 5.82 Å². The number of nitrogen functional groups attached to an aromatic ring is 1. The second-order valence-electron chi connectivity index (χ2n) is 3.89. The Morgan fingerprint density at radius 2 is 2.32 bits per heavy atom. The Balaban J connectivity index is 2.81. The quantitative estimate of drug-likeness (QED) is 0.354. The molecular weight excluding hydrogens is 254 g/mol. The van der Waals surface area contributed by atoms with Crippen molar-refractivity contribution in [1.82, 2.24) is 10.3 Å². The van der Waals surface area contributed by atoms with E-state index in [1.807, 2.05) is 0 Å². The van der Waals surface area contributed by atoms with Crippen molar-refractivity contribution in [2.45, 2.75) is 19.4 Å². The number of nitrogens with two attached hydrogens (primary N) is 1. The van der Waals surface area contributed by atoms with Gasteiger partial charge in [0.25, 0.3) is 0 Å². The molecule has 0 saturated heterocycles. The highest BCUT2D eigenvalue weighted by Gasteiger charge is 2.16. The third kappa shape index (κ3) is 3.91. The molecule has 19 heavy (non-hydrogen) atoms. The van der Waals surface area contributed by atoms with Gasteiger partial charge in [-0.15, -0.1) is 0 Å². The van der Waals surface area contributed by atoms with E-state index in [0.29, 0.717) is 0 Å². The summed E-state index contributed by atoms with van der Waals surface area (Å²) in [4.78, 5) is 24.1. The van der Waals surface area contributed by atoms with Crippen LogP contribution in [0.1, 0.15) is 19.0 Å². The molecule has 0 fully saturated rings. The van der Waals surface area contributed by atoms with Crippen LogP contribution in [0, 0.1) is 15.5 Å². The van der Waals surface area contributed by atoms with Crippen LogP contribution in [0.25, 0.3) is 0 Å². The molecular formula is C10H13N5O4. The zero-order chi connectivity index (χ0) is 14.6. The van der Waals surface area contributed by atoms with Crippen LogP contribution < -0.4 is 11.1 Å². The van der Waals surface area contributed by atoms with E-state index in [4.69, 9.17) is 16.2 Å². The summed E-state index contributed by atoms with van der Waals surface area (Å²) in [6, 6.07) is 2.01. The van der Waals surface area contributed by atoms with Gasteiger partial charge in [0.05, 0.1) is 16.3 Å². The van der Waals surface area contributed by atoms with Gasteiger partial charge in [-0.05, 0) is 13.0 Å². The highest BCUT2D eigenvalue weighted by molar-refractivity contribution is 5.97.